The van der Waals surface area contributed by atoms with Crippen LogP contribution in [0.4, 0.5) is 10.1 Å². The van der Waals surface area contributed by atoms with Gasteiger partial charge in [0.1, 0.15) is 6.67 Å². The van der Waals surface area contributed by atoms with Crippen molar-refractivity contribution in [3.63, 3.8) is 0 Å². The molecule has 1 atom stereocenters. The Balaban J connectivity index is 2.68. The van der Waals surface area contributed by atoms with Crippen LogP contribution in [0.15, 0.2) is 24.3 Å². The molecule has 0 aliphatic heterocycles. The van der Waals surface area contributed by atoms with Crippen LogP contribution >= 0.6 is 0 Å². The molecule has 0 bridgehead atoms. The molecule has 4 nitrogen and oxygen atoms in total. The number of nitro groups is 1. The van der Waals surface area contributed by atoms with Gasteiger partial charge in [0.15, 0.2) is 0 Å². The minimum atomic E-state index is -0.586. The van der Waals surface area contributed by atoms with Crippen molar-refractivity contribution in [2.24, 2.45) is 5.73 Å². The third kappa shape index (κ3) is 2.77. The van der Waals surface area contributed by atoms with Crippen molar-refractivity contribution in [2.45, 2.75) is 12.5 Å². The lowest BCUT2D eigenvalue weighted by Crippen LogP contribution is -2.24. The largest absolute Gasteiger partial charge is 0.325 e. The van der Waals surface area contributed by atoms with E-state index in [2.05, 4.69) is 0 Å². The van der Waals surface area contributed by atoms with Crippen molar-refractivity contribution >= 4 is 5.69 Å². The molecule has 0 aromatic heterocycles. The quantitative estimate of drug-likeness (QED) is 0.587. The topological polar surface area (TPSA) is 69.2 Å². The number of rotatable bonds is 4. The molecule has 2 N–H and O–H groups in total. The second-order valence-corrected chi connectivity index (χ2v) is 3.04. The molecular formula is C9H11FN2O2. The van der Waals surface area contributed by atoms with Gasteiger partial charge >= 0.3 is 0 Å². The molecule has 5 heteroatoms. The third-order valence-corrected chi connectivity index (χ3v) is 1.84. The second-order valence-electron chi connectivity index (χ2n) is 3.04. The average molecular weight is 198 g/mol. The lowest BCUT2D eigenvalue weighted by atomic mass is 10.1. The standard InChI is InChI=1S/C9H11FN2O2/c10-6-8(11)5-7-1-3-9(4-2-7)12(13)14/h1-4,8H,5-6,11H2/t8-/m0/s1. The van der Waals surface area contributed by atoms with Crippen LogP contribution in [-0.2, 0) is 6.42 Å². The summed E-state index contributed by atoms with van der Waals surface area (Å²) in [7, 11) is 0. The zero-order valence-corrected chi connectivity index (χ0v) is 7.52. The Bertz CT molecular complexity index is 313. The van der Waals surface area contributed by atoms with E-state index in [-0.39, 0.29) is 5.69 Å². The maximum Gasteiger partial charge on any atom is 0.269 e. The molecule has 0 fully saturated rings. The van der Waals surface area contributed by atoms with Crippen LogP contribution in [0.5, 0.6) is 0 Å². The molecule has 14 heavy (non-hydrogen) atoms. The van der Waals surface area contributed by atoms with Gasteiger partial charge in [-0.3, -0.25) is 10.1 Å². The van der Waals surface area contributed by atoms with E-state index in [1.165, 1.54) is 12.1 Å². The first kappa shape index (κ1) is 10.6. The fourth-order valence-corrected chi connectivity index (χ4v) is 1.11. The van der Waals surface area contributed by atoms with Crippen molar-refractivity contribution < 1.29 is 9.31 Å². The number of nitrogens with zero attached hydrogens (tertiary/aromatic N) is 1. The molecule has 0 spiro atoms. The van der Waals surface area contributed by atoms with Crippen LogP contribution < -0.4 is 5.73 Å². The van der Waals surface area contributed by atoms with Gasteiger partial charge in [0.25, 0.3) is 5.69 Å². The predicted octanol–water partition coefficient (Wildman–Crippen LogP) is 1.43. The van der Waals surface area contributed by atoms with E-state index in [4.69, 9.17) is 5.73 Å². The highest BCUT2D eigenvalue weighted by Gasteiger charge is 2.06. The van der Waals surface area contributed by atoms with Crippen LogP contribution in [0.2, 0.25) is 0 Å². The number of nitrogens with two attached hydrogens (primary N) is 1. The molecule has 1 aromatic rings. The summed E-state index contributed by atoms with van der Waals surface area (Å²) in [5.41, 5.74) is 6.23. The van der Waals surface area contributed by atoms with E-state index >= 15 is 0 Å². The highest BCUT2D eigenvalue weighted by molar-refractivity contribution is 5.33. The highest BCUT2D eigenvalue weighted by Crippen LogP contribution is 2.12. The van der Waals surface area contributed by atoms with E-state index in [9.17, 15) is 14.5 Å². The van der Waals surface area contributed by atoms with Gasteiger partial charge in [-0.05, 0) is 12.0 Å². The van der Waals surface area contributed by atoms with Gasteiger partial charge in [-0.15, -0.1) is 0 Å². The summed E-state index contributed by atoms with van der Waals surface area (Å²) < 4.78 is 12.0. The maximum absolute atomic E-state index is 12.0. The van der Waals surface area contributed by atoms with E-state index in [1.54, 1.807) is 12.1 Å². The van der Waals surface area contributed by atoms with Crippen LogP contribution in [0.3, 0.4) is 0 Å². The molecule has 76 valence electrons. The van der Waals surface area contributed by atoms with Gasteiger partial charge in [-0.1, -0.05) is 12.1 Å². The molecule has 0 saturated carbocycles. The first-order valence-electron chi connectivity index (χ1n) is 4.18. The zero-order valence-electron chi connectivity index (χ0n) is 7.52. The van der Waals surface area contributed by atoms with Gasteiger partial charge in [0.05, 0.1) is 4.92 Å². The molecule has 0 unspecified atom stereocenters. The van der Waals surface area contributed by atoms with E-state index < -0.39 is 17.6 Å². The fourth-order valence-electron chi connectivity index (χ4n) is 1.11. The second kappa shape index (κ2) is 4.66. The van der Waals surface area contributed by atoms with Crippen LogP contribution in [-0.4, -0.2) is 17.6 Å². The number of non-ortho nitro benzene ring substituents is 1. The molecule has 0 aliphatic rings. The Morgan fingerprint density at radius 2 is 2.00 bits per heavy atom. The number of hydrogen-bond donors (Lipinski definition) is 1. The monoisotopic (exact) mass is 198 g/mol. The van der Waals surface area contributed by atoms with Gasteiger partial charge in [0.2, 0.25) is 0 Å². The minimum Gasteiger partial charge on any atom is -0.325 e. The van der Waals surface area contributed by atoms with Gasteiger partial charge in [-0.2, -0.15) is 0 Å². The normalized spacial score (nSPS) is 12.4. The summed E-state index contributed by atoms with van der Waals surface area (Å²) in [5.74, 6) is 0. The molecule has 1 aromatic carbocycles. The summed E-state index contributed by atoms with van der Waals surface area (Å²) in [6, 6.07) is 5.43. The Hall–Kier alpha value is -1.49. The Labute approximate surface area is 80.7 Å². The van der Waals surface area contributed by atoms with Gasteiger partial charge in [0, 0.05) is 18.2 Å². The molecule has 0 saturated heterocycles. The molecule has 0 heterocycles. The van der Waals surface area contributed by atoms with E-state index in [0.717, 1.165) is 5.56 Å². The zero-order chi connectivity index (χ0) is 10.6. The lowest BCUT2D eigenvalue weighted by Gasteiger charge is -2.05. The summed E-state index contributed by atoms with van der Waals surface area (Å²) in [4.78, 5) is 9.84. The smallest absolute Gasteiger partial charge is 0.269 e. The van der Waals surface area contributed by atoms with Crippen LogP contribution in [0.25, 0.3) is 0 Å². The van der Waals surface area contributed by atoms with Crippen molar-refractivity contribution in [1.29, 1.82) is 0 Å². The number of benzene rings is 1. The summed E-state index contributed by atoms with van der Waals surface area (Å²) >= 11 is 0. The van der Waals surface area contributed by atoms with Crippen LogP contribution in [0.1, 0.15) is 5.56 Å². The molecule has 0 amide bonds. The maximum atomic E-state index is 12.0. The summed E-state index contributed by atoms with van der Waals surface area (Å²) in [6.45, 7) is -0.586. The number of nitro benzene ring substituents is 1. The van der Waals surface area contributed by atoms with Gasteiger partial charge in [-0.25, -0.2) is 4.39 Å². The molecule has 0 aliphatic carbocycles. The fraction of sp³-hybridized carbons (Fsp3) is 0.333. The Morgan fingerprint density at radius 1 is 1.43 bits per heavy atom. The minimum absolute atomic E-state index is 0.0302. The number of halogens is 1. The van der Waals surface area contributed by atoms with Crippen molar-refractivity contribution in [3.8, 4) is 0 Å². The average Bonchev–Trinajstić information content (AvgIpc) is 2.18. The first-order chi connectivity index (χ1) is 6.63. The van der Waals surface area contributed by atoms with E-state index in [0.29, 0.717) is 6.42 Å². The lowest BCUT2D eigenvalue weighted by molar-refractivity contribution is -0.384. The Kier molecular flexibility index (Phi) is 3.53. The predicted molar refractivity (Wildman–Crippen MR) is 50.8 cm³/mol. The summed E-state index contributed by atoms with van der Waals surface area (Å²) in [6.07, 6.45) is 0.397. The summed E-state index contributed by atoms with van der Waals surface area (Å²) in [5, 5.41) is 10.3. The van der Waals surface area contributed by atoms with Crippen molar-refractivity contribution in [1.82, 2.24) is 0 Å². The number of hydrogen-bond acceptors (Lipinski definition) is 3. The van der Waals surface area contributed by atoms with Crippen molar-refractivity contribution in [3.05, 3.63) is 39.9 Å². The van der Waals surface area contributed by atoms with Gasteiger partial charge < -0.3 is 5.73 Å². The van der Waals surface area contributed by atoms with E-state index in [1.807, 2.05) is 0 Å². The van der Waals surface area contributed by atoms with Crippen LogP contribution in [0, 0.1) is 10.1 Å². The number of alkyl halides is 1. The Morgan fingerprint density at radius 3 is 2.43 bits per heavy atom. The SMILES string of the molecule is N[C@H](CF)Cc1ccc([N+](=O)[O-])cc1. The molecular weight excluding hydrogens is 187 g/mol. The highest BCUT2D eigenvalue weighted by atomic mass is 19.1. The van der Waals surface area contributed by atoms with Crippen molar-refractivity contribution in [2.75, 3.05) is 6.67 Å². The molecule has 1 rings (SSSR count). The third-order valence-electron chi connectivity index (χ3n) is 1.84. The first-order valence-corrected chi connectivity index (χ1v) is 4.18. The molecule has 0 radical (unpaired) electrons.